The Bertz CT molecular complexity index is 139. The zero-order valence-corrected chi connectivity index (χ0v) is 9.04. The average molecular weight is 187 g/mol. The monoisotopic (exact) mass is 187 g/mol. The second-order valence-electron chi connectivity index (χ2n) is 3.90. The minimum Gasteiger partial charge on any atom is -0.464 e. The van der Waals surface area contributed by atoms with Crippen LogP contribution in [0, 0.1) is 11.8 Å². The van der Waals surface area contributed by atoms with Gasteiger partial charge in [0.2, 0.25) is 0 Å². The van der Waals surface area contributed by atoms with Gasteiger partial charge in [0.25, 0.3) is 5.95 Å². The summed E-state index contributed by atoms with van der Waals surface area (Å²) in [4.78, 5) is 0. The smallest absolute Gasteiger partial charge is 0.295 e. The molecule has 0 fully saturated rings. The Morgan fingerprint density at radius 3 is 1.69 bits per heavy atom. The summed E-state index contributed by atoms with van der Waals surface area (Å²) in [6.45, 7) is 9.60. The van der Waals surface area contributed by atoms with Crippen molar-refractivity contribution in [2.45, 2.75) is 27.7 Å². The first-order valence-corrected chi connectivity index (χ1v) is 4.73. The molecule has 78 valence electrons. The number of rotatable bonds is 6. The van der Waals surface area contributed by atoms with Crippen molar-refractivity contribution < 1.29 is 9.47 Å². The summed E-state index contributed by atoms with van der Waals surface area (Å²) >= 11 is 0. The van der Waals surface area contributed by atoms with Crippen molar-refractivity contribution >= 4 is 0 Å². The van der Waals surface area contributed by atoms with E-state index in [0.29, 0.717) is 31.0 Å². The number of hydrogen-bond donors (Lipinski definition) is 1. The Morgan fingerprint density at radius 1 is 1.08 bits per heavy atom. The molecule has 0 unspecified atom stereocenters. The molecule has 0 rings (SSSR count). The van der Waals surface area contributed by atoms with Gasteiger partial charge in [0.05, 0.1) is 19.4 Å². The van der Waals surface area contributed by atoms with Crippen molar-refractivity contribution in [2.24, 2.45) is 17.6 Å². The van der Waals surface area contributed by atoms with Crippen molar-refractivity contribution in [3.05, 3.63) is 12.1 Å². The summed E-state index contributed by atoms with van der Waals surface area (Å²) in [5, 5.41) is 0. The maximum Gasteiger partial charge on any atom is 0.295 e. The van der Waals surface area contributed by atoms with E-state index in [1.165, 1.54) is 6.20 Å². The molecule has 0 spiro atoms. The molecule has 0 aromatic carbocycles. The minimum absolute atomic E-state index is 0.433. The van der Waals surface area contributed by atoms with Crippen LogP contribution in [0.4, 0.5) is 0 Å². The fraction of sp³-hybridized carbons (Fsp3) is 0.800. The number of ether oxygens (including phenoxy) is 2. The number of hydrogen-bond acceptors (Lipinski definition) is 3. The van der Waals surface area contributed by atoms with Crippen LogP contribution >= 0.6 is 0 Å². The van der Waals surface area contributed by atoms with Crippen LogP contribution in [-0.2, 0) is 9.47 Å². The molecule has 0 bridgehead atoms. The summed E-state index contributed by atoms with van der Waals surface area (Å²) in [7, 11) is 0. The Balaban J connectivity index is 3.65. The normalized spacial score (nSPS) is 10.3. The van der Waals surface area contributed by atoms with Crippen molar-refractivity contribution in [1.82, 2.24) is 0 Å². The lowest BCUT2D eigenvalue weighted by Gasteiger charge is -2.13. The predicted octanol–water partition coefficient (Wildman–Crippen LogP) is 2.09. The highest BCUT2D eigenvalue weighted by molar-refractivity contribution is 4.78. The largest absolute Gasteiger partial charge is 0.464 e. The highest BCUT2D eigenvalue weighted by Gasteiger charge is 2.02. The zero-order chi connectivity index (χ0) is 10.3. The molecule has 3 nitrogen and oxygen atoms in total. The molecule has 0 aromatic rings. The van der Waals surface area contributed by atoms with Gasteiger partial charge in [-0.2, -0.15) is 0 Å². The van der Waals surface area contributed by atoms with Crippen LogP contribution < -0.4 is 5.73 Å². The first kappa shape index (κ1) is 12.1. The lowest BCUT2D eigenvalue weighted by molar-refractivity contribution is 0.0146. The molecule has 0 aliphatic carbocycles. The van der Waals surface area contributed by atoms with E-state index < -0.39 is 0 Å². The third kappa shape index (κ3) is 7.50. The minimum atomic E-state index is 0.433. The number of nitrogens with two attached hydrogens (primary N) is 1. The summed E-state index contributed by atoms with van der Waals surface area (Å²) < 4.78 is 10.6. The van der Waals surface area contributed by atoms with Gasteiger partial charge >= 0.3 is 0 Å². The van der Waals surface area contributed by atoms with Crippen molar-refractivity contribution in [1.29, 1.82) is 0 Å². The Hall–Kier alpha value is -0.860. The quantitative estimate of drug-likeness (QED) is 0.647. The van der Waals surface area contributed by atoms with E-state index in [0.717, 1.165) is 0 Å². The van der Waals surface area contributed by atoms with Gasteiger partial charge in [-0.25, -0.2) is 0 Å². The second-order valence-corrected chi connectivity index (χ2v) is 3.90. The Morgan fingerprint density at radius 2 is 1.46 bits per heavy atom. The molecule has 0 aromatic heterocycles. The first-order valence-electron chi connectivity index (χ1n) is 4.73. The highest BCUT2D eigenvalue weighted by atomic mass is 16.7. The zero-order valence-electron chi connectivity index (χ0n) is 9.04. The lowest BCUT2D eigenvalue weighted by atomic mass is 10.2. The third-order valence-corrected chi connectivity index (χ3v) is 1.25. The van der Waals surface area contributed by atoms with Crippen molar-refractivity contribution in [3.63, 3.8) is 0 Å². The Labute approximate surface area is 80.9 Å². The van der Waals surface area contributed by atoms with Gasteiger partial charge in [0.1, 0.15) is 0 Å². The van der Waals surface area contributed by atoms with Gasteiger partial charge in [-0.15, -0.1) is 0 Å². The van der Waals surface area contributed by atoms with Crippen LogP contribution in [0.2, 0.25) is 0 Å². The molecule has 0 saturated heterocycles. The van der Waals surface area contributed by atoms with E-state index in [-0.39, 0.29) is 0 Å². The molecule has 0 aliphatic heterocycles. The SMILES string of the molecule is CC(C)COC(=CN)OCC(C)C. The predicted molar refractivity (Wildman–Crippen MR) is 53.9 cm³/mol. The highest BCUT2D eigenvalue weighted by Crippen LogP contribution is 2.04. The van der Waals surface area contributed by atoms with Crippen LogP contribution in [0.25, 0.3) is 0 Å². The summed E-state index contributed by atoms with van der Waals surface area (Å²) in [5.74, 6) is 1.40. The maximum atomic E-state index is 5.33. The van der Waals surface area contributed by atoms with E-state index >= 15 is 0 Å². The summed E-state index contributed by atoms with van der Waals surface area (Å²) in [5.41, 5.74) is 5.33. The molecular weight excluding hydrogens is 166 g/mol. The van der Waals surface area contributed by atoms with E-state index in [4.69, 9.17) is 15.2 Å². The third-order valence-electron chi connectivity index (χ3n) is 1.25. The molecule has 0 aliphatic rings. The topological polar surface area (TPSA) is 44.5 Å². The summed E-state index contributed by atoms with van der Waals surface area (Å²) in [6.07, 6.45) is 1.37. The molecule has 0 saturated carbocycles. The lowest BCUT2D eigenvalue weighted by Crippen LogP contribution is -2.09. The van der Waals surface area contributed by atoms with Crippen LogP contribution in [-0.4, -0.2) is 13.2 Å². The fourth-order valence-electron chi connectivity index (χ4n) is 0.635. The van der Waals surface area contributed by atoms with Gasteiger partial charge in [0.15, 0.2) is 0 Å². The maximum absolute atomic E-state index is 5.33. The molecule has 0 heterocycles. The van der Waals surface area contributed by atoms with Crippen molar-refractivity contribution in [3.8, 4) is 0 Å². The van der Waals surface area contributed by atoms with Gasteiger partial charge < -0.3 is 15.2 Å². The van der Waals surface area contributed by atoms with Gasteiger partial charge in [-0.1, -0.05) is 27.7 Å². The second kappa shape index (κ2) is 6.63. The Kier molecular flexibility index (Phi) is 6.20. The van der Waals surface area contributed by atoms with Crippen LogP contribution in [0.15, 0.2) is 12.1 Å². The van der Waals surface area contributed by atoms with E-state index in [2.05, 4.69) is 27.7 Å². The standard InChI is InChI=1S/C10H21NO2/c1-8(2)6-12-10(5-11)13-7-9(3)4/h5,8-9H,6-7,11H2,1-4H3. The molecular formula is C10H21NO2. The van der Waals surface area contributed by atoms with Gasteiger partial charge in [-0.3, -0.25) is 0 Å². The molecule has 2 N–H and O–H groups in total. The van der Waals surface area contributed by atoms with Crippen molar-refractivity contribution in [2.75, 3.05) is 13.2 Å². The first-order chi connectivity index (χ1) is 6.06. The van der Waals surface area contributed by atoms with E-state index in [9.17, 15) is 0 Å². The van der Waals surface area contributed by atoms with Crippen LogP contribution in [0.5, 0.6) is 0 Å². The van der Waals surface area contributed by atoms with Gasteiger partial charge in [-0.05, 0) is 11.8 Å². The molecule has 0 amide bonds. The summed E-state index contributed by atoms with van der Waals surface area (Å²) in [6, 6.07) is 0. The molecule has 3 heteroatoms. The van der Waals surface area contributed by atoms with E-state index in [1.807, 2.05) is 0 Å². The molecule has 0 atom stereocenters. The average Bonchev–Trinajstić information content (AvgIpc) is 2.04. The fourth-order valence-corrected chi connectivity index (χ4v) is 0.635. The molecule has 0 radical (unpaired) electrons. The molecule has 13 heavy (non-hydrogen) atoms. The van der Waals surface area contributed by atoms with E-state index in [1.54, 1.807) is 0 Å². The van der Waals surface area contributed by atoms with Crippen LogP contribution in [0.3, 0.4) is 0 Å². The van der Waals surface area contributed by atoms with Crippen LogP contribution in [0.1, 0.15) is 27.7 Å². The van der Waals surface area contributed by atoms with Gasteiger partial charge in [0, 0.05) is 0 Å².